The summed E-state index contributed by atoms with van der Waals surface area (Å²) in [6.45, 7) is 5.68. The average Bonchev–Trinajstić information content (AvgIpc) is 3.11. The molecule has 0 aliphatic carbocycles. The molecule has 0 spiro atoms. The summed E-state index contributed by atoms with van der Waals surface area (Å²) in [5.41, 5.74) is 1.13. The van der Waals surface area contributed by atoms with E-state index in [0.717, 1.165) is 44.5 Å². The molecule has 0 saturated carbocycles. The number of hydrogen-bond acceptors (Lipinski definition) is 5. The zero-order valence-corrected chi connectivity index (χ0v) is 15.4. The van der Waals surface area contributed by atoms with Gasteiger partial charge in [0.05, 0.1) is 6.61 Å². The fourth-order valence-corrected chi connectivity index (χ4v) is 3.76. The Balaban J connectivity index is 1.47. The van der Waals surface area contributed by atoms with E-state index in [4.69, 9.17) is 4.74 Å². The second-order valence-corrected chi connectivity index (χ2v) is 6.98. The zero-order chi connectivity index (χ0) is 18.4. The number of amides is 2. The molecule has 0 aromatic carbocycles. The van der Waals surface area contributed by atoms with Gasteiger partial charge in [-0.25, -0.2) is 4.79 Å². The summed E-state index contributed by atoms with van der Waals surface area (Å²) < 4.78 is 6.84. The molecule has 144 valence electrons. The molecule has 2 saturated heterocycles. The van der Waals surface area contributed by atoms with Crippen LogP contribution in [0.2, 0.25) is 0 Å². The minimum absolute atomic E-state index is 0.0201. The van der Waals surface area contributed by atoms with Crippen molar-refractivity contribution in [3.05, 3.63) is 18.0 Å². The number of nitrogens with zero attached hydrogens (tertiary/aromatic N) is 3. The highest BCUT2D eigenvalue weighted by atomic mass is 16.6. The first-order valence-corrected chi connectivity index (χ1v) is 9.61. The Morgan fingerprint density at radius 2 is 2.15 bits per heavy atom. The van der Waals surface area contributed by atoms with Crippen molar-refractivity contribution < 1.29 is 14.3 Å². The maximum atomic E-state index is 12.4. The van der Waals surface area contributed by atoms with Gasteiger partial charge in [0.2, 0.25) is 5.91 Å². The van der Waals surface area contributed by atoms with Gasteiger partial charge in [-0.1, -0.05) is 0 Å². The molecular formula is C18H29N5O3. The molecule has 2 aliphatic heterocycles. The van der Waals surface area contributed by atoms with Crippen LogP contribution >= 0.6 is 0 Å². The number of aromatic nitrogens is 2. The molecule has 3 rings (SSSR count). The number of carbonyl (C=O) groups is 2. The van der Waals surface area contributed by atoms with Crippen LogP contribution in [0.25, 0.3) is 0 Å². The second kappa shape index (κ2) is 9.02. The van der Waals surface area contributed by atoms with Crippen LogP contribution in [-0.4, -0.2) is 65.5 Å². The predicted molar refractivity (Wildman–Crippen MR) is 96.8 cm³/mol. The Labute approximate surface area is 154 Å². The molecule has 2 fully saturated rings. The Bertz CT molecular complexity index is 604. The van der Waals surface area contributed by atoms with Crippen LogP contribution in [0.5, 0.6) is 0 Å². The van der Waals surface area contributed by atoms with Gasteiger partial charge in [-0.2, -0.15) is 5.10 Å². The van der Waals surface area contributed by atoms with E-state index in [9.17, 15) is 9.59 Å². The SMILES string of the molecule is CCOC(=O)N1CCC(NC(=O)Cn2nccc2[C@@H]2CCCNC2)CC1. The highest BCUT2D eigenvalue weighted by Crippen LogP contribution is 2.22. The first kappa shape index (κ1) is 18.7. The third-order valence-electron chi connectivity index (χ3n) is 5.14. The summed E-state index contributed by atoms with van der Waals surface area (Å²) in [6, 6.07) is 2.12. The summed E-state index contributed by atoms with van der Waals surface area (Å²) in [7, 11) is 0. The molecule has 1 aromatic heterocycles. The van der Waals surface area contributed by atoms with Gasteiger partial charge in [-0.3, -0.25) is 9.48 Å². The lowest BCUT2D eigenvalue weighted by molar-refractivity contribution is -0.122. The van der Waals surface area contributed by atoms with Crippen molar-refractivity contribution in [3.8, 4) is 0 Å². The normalized spacial score (nSPS) is 21.4. The van der Waals surface area contributed by atoms with E-state index in [1.54, 1.807) is 18.0 Å². The molecule has 2 aliphatic rings. The van der Waals surface area contributed by atoms with Crippen molar-refractivity contribution in [2.75, 3.05) is 32.8 Å². The Kier molecular flexibility index (Phi) is 6.49. The first-order chi connectivity index (χ1) is 12.7. The van der Waals surface area contributed by atoms with Crippen LogP contribution in [0.1, 0.15) is 44.2 Å². The smallest absolute Gasteiger partial charge is 0.409 e. The Morgan fingerprint density at radius 3 is 2.85 bits per heavy atom. The molecule has 0 radical (unpaired) electrons. The minimum Gasteiger partial charge on any atom is -0.450 e. The van der Waals surface area contributed by atoms with Crippen LogP contribution in [-0.2, 0) is 16.1 Å². The highest BCUT2D eigenvalue weighted by molar-refractivity contribution is 5.76. The van der Waals surface area contributed by atoms with E-state index < -0.39 is 0 Å². The summed E-state index contributed by atoms with van der Waals surface area (Å²) in [5, 5.41) is 10.8. The summed E-state index contributed by atoms with van der Waals surface area (Å²) in [5.74, 6) is 0.403. The van der Waals surface area contributed by atoms with Crippen molar-refractivity contribution in [3.63, 3.8) is 0 Å². The van der Waals surface area contributed by atoms with E-state index in [-0.39, 0.29) is 24.6 Å². The number of nitrogens with one attached hydrogen (secondary N) is 2. The van der Waals surface area contributed by atoms with Gasteiger partial charge >= 0.3 is 6.09 Å². The first-order valence-electron chi connectivity index (χ1n) is 9.61. The van der Waals surface area contributed by atoms with Gasteiger partial charge in [-0.15, -0.1) is 0 Å². The molecule has 8 heteroatoms. The number of rotatable bonds is 5. The zero-order valence-electron chi connectivity index (χ0n) is 15.4. The lowest BCUT2D eigenvalue weighted by Crippen LogP contribution is -2.47. The van der Waals surface area contributed by atoms with Crippen LogP contribution in [0.15, 0.2) is 12.3 Å². The summed E-state index contributed by atoms with van der Waals surface area (Å²) in [6.07, 6.45) is 5.30. The number of piperidine rings is 2. The van der Waals surface area contributed by atoms with E-state index in [1.807, 2.05) is 10.7 Å². The number of likely N-dealkylation sites (tertiary alicyclic amines) is 1. The molecule has 2 amide bonds. The fourth-order valence-electron chi connectivity index (χ4n) is 3.76. The van der Waals surface area contributed by atoms with E-state index in [0.29, 0.717) is 25.6 Å². The third-order valence-corrected chi connectivity index (χ3v) is 5.14. The van der Waals surface area contributed by atoms with Gasteiger partial charge < -0.3 is 20.3 Å². The van der Waals surface area contributed by atoms with Crippen LogP contribution < -0.4 is 10.6 Å². The summed E-state index contributed by atoms with van der Waals surface area (Å²) >= 11 is 0. The Hall–Kier alpha value is -2.09. The lowest BCUT2D eigenvalue weighted by atomic mass is 9.96. The van der Waals surface area contributed by atoms with Crippen molar-refractivity contribution in [1.29, 1.82) is 0 Å². The van der Waals surface area contributed by atoms with Crippen LogP contribution in [0, 0.1) is 0 Å². The molecule has 0 unspecified atom stereocenters. The average molecular weight is 363 g/mol. The molecule has 26 heavy (non-hydrogen) atoms. The van der Waals surface area contributed by atoms with Crippen molar-refractivity contribution >= 4 is 12.0 Å². The van der Waals surface area contributed by atoms with Gasteiger partial charge in [0.1, 0.15) is 6.54 Å². The fraction of sp³-hybridized carbons (Fsp3) is 0.722. The number of ether oxygens (including phenoxy) is 1. The van der Waals surface area contributed by atoms with E-state index in [1.165, 1.54) is 0 Å². The third kappa shape index (κ3) is 4.75. The molecule has 1 aromatic rings. The van der Waals surface area contributed by atoms with Crippen LogP contribution in [0.3, 0.4) is 0 Å². The molecule has 2 N–H and O–H groups in total. The number of carbonyl (C=O) groups excluding carboxylic acids is 2. The standard InChI is InChI=1S/C18H29N5O3/c1-2-26-18(25)22-10-6-15(7-11-22)21-17(24)13-23-16(5-9-20-23)14-4-3-8-19-12-14/h5,9,14-15,19H,2-4,6-8,10-13H2,1H3,(H,21,24)/t14-/m1/s1. The van der Waals surface area contributed by atoms with Crippen molar-refractivity contribution in [2.24, 2.45) is 0 Å². The molecule has 1 atom stereocenters. The van der Waals surface area contributed by atoms with Gasteiger partial charge in [0.25, 0.3) is 0 Å². The van der Waals surface area contributed by atoms with Gasteiger partial charge in [0.15, 0.2) is 0 Å². The molecule has 8 nitrogen and oxygen atoms in total. The largest absolute Gasteiger partial charge is 0.450 e. The predicted octanol–water partition coefficient (Wildman–Crippen LogP) is 1.09. The maximum Gasteiger partial charge on any atom is 0.409 e. The second-order valence-electron chi connectivity index (χ2n) is 6.98. The van der Waals surface area contributed by atoms with Gasteiger partial charge in [0, 0.05) is 43.5 Å². The summed E-state index contributed by atoms with van der Waals surface area (Å²) in [4.78, 5) is 25.9. The van der Waals surface area contributed by atoms with Crippen molar-refractivity contribution in [2.45, 2.75) is 51.1 Å². The van der Waals surface area contributed by atoms with E-state index in [2.05, 4.69) is 15.7 Å². The Morgan fingerprint density at radius 1 is 1.35 bits per heavy atom. The van der Waals surface area contributed by atoms with Gasteiger partial charge in [-0.05, 0) is 45.2 Å². The lowest BCUT2D eigenvalue weighted by Gasteiger charge is -2.31. The number of hydrogen-bond donors (Lipinski definition) is 2. The topological polar surface area (TPSA) is 88.5 Å². The molecule has 0 bridgehead atoms. The monoisotopic (exact) mass is 363 g/mol. The van der Waals surface area contributed by atoms with E-state index >= 15 is 0 Å². The molecule has 3 heterocycles. The minimum atomic E-state index is -0.264. The molecular weight excluding hydrogens is 334 g/mol. The van der Waals surface area contributed by atoms with Crippen LogP contribution in [0.4, 0.5) is 4.79 Å². The van der Waals surface area contributed by atoms with Crippen molar-refractivity contribution in [1.82, 2.24) is 25.3 Å². The highest BCUT2D eigenvalue weighted by Gasteiger charge is 2.25. The maximum absolute atomic E-state index is 12.4. The quantitative estimate of drug-likeness (QED) is 0.817.